The molecule has 0 aliphatic carbocycles. The zero-order valence-electron chi connectivity index (χ0n) is 15.5. The minimum atomic E-state index is -0.805. The van der Waals surface area contributed by atoms with Crippen molar-refractivity contribution in [2.45, 2.75) is 12.7 Å². The molecule has 0 radical (unpaired) electrons. The molecule has 6 heteroatoms. The molecule has 0 unspecified atom stereocenters. The maximum atomic E-state index is 12.3. The third-order valence-electron chi connectivity index (χ3n) is 4.40. The highest BCUT2D eigenvalue weighted by molar-refractivity contribution is 6.04. The third kappa shape index (κ3) is 4.55. The van der Waals surface area contributed by atoms with Crippen LogP contribution in [-0.2, 0) is 16.1 Å². The Hall–Kier alpha value is -3.80. The summed E-state index contributed by atoms with van der Waals surface area (Å²) in [5.41, 5.74) is 2.02. The lowest BCUT2D eigenvalue weighted by atomic mass is 10.1. The molecule has 0 aromatic heterocycles. The molecular formula is C23H19NO5. The molecule has 0 fully saturated rings. The van der Waals surface area contributed by atoms with Crippen LogP contribution in [0.5, 0.6) is 11.5 Å². The Bertz CT molecular complexity index is 1000. The number of carbonyl (C=O) groups excluding carboxylic acids is 2. The van der Waals surface area contributed by atoms with Crippen LogP contribution in [0, 0.1) is 0 Å². The Morgan fingerprint density at radius 1 is 0.897 bits per heavy atom. The lowest BCUT2D eigenvalue weighted by molar-refractivity contribution is -0.155. The van der Waals surface area contributed by atoms with Gasteiger partial charge in [-0.25, -0.2) is 4.79 Å². The van der Waals surface area contributed by atoms with Gasteiger partial charge in [0, 0.05) is 11.3 Å². The van der Waals surface area contributed by atoms with Crippen molar-refractivity contribution < 1.29 is 23.8 Å². The maximum Gasteiger partial charge on any atom is 0.351 e. The van der Waals surface area contributed by atoms with Gasteiger partial charge in [0.05, 0.1) is 0 Å². The largest absolute Gasteiger partial charge is 0.485 e. The summed E-state index contributed by atoms with van der Waals surface area (Å²) in [7, 11) is 0. The van der Waals surface area contributed by atoms with E-state index in [9.17, 15) is 9.59 Å². The molecule has 1 aliphatic rings. The van der Waals surface area contributed by atoms with E-state index in [0.717, 1.165) is 11.3 Å². The van der Waals surface area contributed by atoms with Crippen molar-refractivity contribution >= 4 is 17.6 Å². The van der Waals surface area contributed by atoms with Gasteiger partial charge in [-0.15, -0.1) is 0 Å². The molecule has 29 heavy (non-hydrogen) atoms. The monoisotopic (exact) mass is 389 g/mol. The highest BCUT2D eigenvalue weighted by Gasteiger charge is 2.28. The number of fused-ring (bicyclic) bond motifs is 1. The van der Waals surface area contributed by atoms with Crippen molar-refractivity contribution in [3.05, 3.63) is 90.0 Å². The Labute approximate surface area is 168 Å². The SMILES string of the molecule is O=C(Nc1ccccc1)c1ccc(COC(=O)[C@H]2COc3ccccc3O2)cc1. The van der Waals surface area contributed by atoms with Gasteiger partial charge >= 0.3 is 5.97 Å². The van der Waals surface area contributed by atoms with Crippen molar-refractivity contribution in [3.8, 4) is 11.5 Å². The molecule has 1 atom stereocenters. The van der Waals surface area contributed by atoms with Gasteiger partial charge in [-0.1, -0.05) is 42.5 Å². The molecule has 6 nitrogen and oxygen atoms in total. The molecule has 1 amide bonds. The fourth-order valence-corrected chi connectivity index (χ4v) is 2.86. The molecule has 0 saturated heterocycles. The second-order valence-corrected chi connectivity index (χ2v) is 6.49. The van der Waals surface area contributed by atoms with Crippen LogP contribution in [0.2, 0.25) is 0 Å². The molecule has 0 saturated carbocycles. The molecule has 3 aromatic rings. The predicted octanol–water partition coefficient (Wildman–Crippen LogP) is 3.82. The molecule has 0 bridgehead atoms. The fraction of sp³-hybridized carbons (Fsp3) is 0.130. The Kier molecular flexibility index (Phi) is 5.42. The predicted molar refractivity (Wildman–Crippen MR) is 107 cm³/mol. The number of hydrogen-bond acceptors (Lipinski definition) is 5. The highest BCUT2D eigenvalue weighted by atomic mass is 16.6. The minimum Gasteiger partial charge on any atom is -0.485 e. The average Bonchev–Trinajstić information content (AvgIpc) is 2.78. The van der Waals surface area contributed by atoms with E-state index in [2.05, 4.69) is 5.32 Å². The summed E-state index contributed by atoms with van der Waals surface area (Å²) >= 11 is 0. The van der Waals surface area contributed by atoms with Crippen LogP contribution in [0.3, 0.4) is 0 Å². The topological polar surface area (TPSA) is 73.9 Å². The first-order chi connectivity index (χ1) is 14.2. The van der Waals surface area contributed by atoms with E-state index < -0.39 is 12.1 Å². The van der Waals surface area contributed by atoms with Gasteiger partial charge in [0.2, 0.25) is 6.10 Å². The molecule has 1 N–H and O–H groups in total. The first kappa shape index (κ1) is 18.6. The van der Waals surface area contributed by atoms with Gasteiger partial charge in [0.25, 0.3) is 5.91 Å². The number of anilines is 1. The number of benzene rings is 3. The van der Waals surface area contributed by atoms with Crippen molar-refractivity contribution in [2.75, 3.05) is 11.9 Å². The number of hydrogen-bond donors (Lipinski definition) is 1. The molecule has 4 rings (SSSR count). The van der Waals surface area contributed by atoms with Crippen LogP contribution in [-0.4, -0.2) is 24.6 Å². The minimum absolute atomic E-state index is 0.0843. The average molecular weight is 389 g/mol. The number of rotatable bonds is 5. The van der Waals surface area contributed by atoms with Gasteiger partial charge in [-0.05, 0) is 42.0 Å². The summed E-state index contributed by atoms with van der Waals surface area (Å²) in [5.74, 6) is 0.437. The van der Waals surface area contributed by atoms with E-state index in [0.29, 0.717) is 17.1 Å². The van der Waals surface area contributed by atoms with Crippen LogP contribution in [0.1, 0.15) is 15.9 Å². The summed E-state index contributed by atoms with van der Waals surface area (Å²) in [5, 5.41) is 2.82. The van der Waals surface area contributed by atoms with Crippen LogP contribution in [0.25, 0.3) is 0 Å². The number of nitrogens with one attached hydrogen (secondary N) is 1. The summed E-state index contributed by atoms with van der Waals surface area (Å²) in [6.45, 7) is 0.190. The lowest BCUT2D eigenvalue weighted by Crippen LogP contribution is -2.37. The first-order valence-electron chi connectivity index (χ1n) is 9.19. The van der Waals surface area contributed by atoms with E-state index in [1.807, 2.05) is 42.5 Å². The molecule has 3 aromatic carbocycles. The van der Waals surface area contributed by atoms with Gasteiger partial charge < -0.3 is 19.5 Å². The Balaban J connectivity index is 1.30. The summed E-state index contributed by atoms with van der Waals surface area (Å²) in [6.07, 6.45) is -0.805. The second kappa shape index (κ2) is 8.48. The number of amides is 1. The Morgan fingerprint density at radius 3 is 2.34 bits per heavy atom. The van der Waals surface area contributed by atoms with Gasteiger partial charge in [0.15, 0.2) is 11.5 Å². The second-order valence-electron chi connectivity index (χ2n) is 6.49. The van der Waals surface area contributed by atoms with Crippen molar-refractivity contribution in [3.63, 3.8) is 0 Å². The molecule has 1 aliphatic heterocycles. The summed E-state index contributed by atoms with van der Waals surface area (Å²) in [4.78, 5) is 24.5. The number of carbonyl (C=O) groups is 2. The van der Waals surface area contributed by atoms with E-state index in [4.69, 9.17) is 14.2 Å². The van der Waals surface area contributed by atoms with Crippen LogP contribution in [0.15, 0.2) is 78.9 Å². The maximum absolute atomic E-state index is 12.3. The van der Waals surface area contributed by atoms with E-state index in [1.165, 1.54) is 0 Å². The van der Waals surface area contributed by atoms with Crippen LogP contribution in [0.4, 0.5) is 5.69 Å². The summed E-state index contributed by atoms with van der Waals surface area (Å²) < 4.78 is 16.5. The number of ether oxygens (including phenoxy) is 3. The number of para-hydroxylation sites is 3. The smallest absolute Gasteiger partial charge is 0.351 e. The van der Waals surface area contributed by atoms with Gasteiger partial charge in [-0.2, -0.15) is 0 Å². The number of esters is 1. The van der Waals surface area contributed by atoms with Crippen molar-refractivity contribution in [2.24, 2.45) is 0 Å². The normalized spacial score (nSPS) is 14.7. The van der Waals surface area contributed by atoms with Gasteiger partial charge in [0.1, 0.15) is 13.2 Å². The highest BCUT2D eigenvalue weighted by Crippen LogP contribution is 2.31. The van der Waals surface area contributed by atoms with Crippen LogP contribution >= 0.6 is 0 Å². The zero-order chi connectivity index (χ0) is 20.1. The molecular weight excluding hydrogens is 370 g/mol. The fourth-order valence-electron chi connectivity index (χ4n) is 2.86. The summed E-state index contributed by atoms with van der Waals surface area (Å²) in [6, 6.07) is 23.3. The van der Waals surface area contributed by atoms with Crippen LogP contribution < -0.4 is 14.8 Å². The molecule has 1 heterocycles. The Morgan fingerprint density at radius 2 is 1.59 bits per heavy atom. The standard InChI is InChI=1S/C23H19NO5/c25-22(24-18-6-2-1-3-7-18)17-12-10-16(11-13-17)14-28-23(26)21-15-27-19-8-4-5-9-20(19)29-21/h1-13,21H,14-15H2,(H,24,25)/t21-/m1/s1. The van der Waals surface area contributed by atoms with E-state index in [-0.39, 0.29) is 19.1 Å². The van der Waals surface area contributed by atoms with Crippen molar-refractivity contribution in [1.82, 2.24) is 0 Å². The lowest BCUT2D eigenvalue weighted by Gasteiger charge is -2.24. The molecule has 146 valence electrons. The quantitative estimate of drug-likeness (QED) is 0.672. The van der Waals surface area contributed by atoms with Gasteiger partial charge in [-0.3, -0.25) is 4.79 Å². The first-order valence-corrected chi connectivity index (χ1v) is 9.19. The van der Waals surface area contributed by atoms with E-state index >= 15 is 0 Å². The third-order valence-corrected chi connectivity index (χ3v) is 4.40. The zero-order valence-corrected chi connectivity index (χ0v) is 15.5. The van der Waals surface area contributed by atoms with Crippen molar-refractivity contribution in [1.29, 1.82) is 0 Å². The van der Waals surface area contributed by atoms with E-state index in [1.54, 1.807) is 36.4 Å². The molecule has 0 spiro atoms.